The molecule has 0 unspecified atom stereocenters. The van der Waals surface area contributed by atoms with Crippen LogP contribution in [0.5, 0.6) is 0 Å². The molecule has 1 N–H and O–H groups in total. The molecule has 2 nitrogen and oxygen atoms in total. The van der Waals surface area contributed by atoms with Gasteiger partial charge < -0.3 is 5.21 Å². The maximum Gasteiger partial charge on any atom is 0.0666 e. The third kappa shape index (κ3) is 2.91. The first-order chi connectivity index (χ1) is 3.85. The van der Waals surface area contributed by atoms with E-state index >= 15 is 0 Å². The summed E-state index contributed by atoms with van der Waals surface area (Å²) in [5.41, 5.74) is 0.859. The van der Waals surface area contributed by atoms with Gasteiger partial charge in [-0.05, 0) is 12.7 Å². The van der Waals surface area contributed by atoms with Gasteiger partial charge in [0.05, 0.1) is 5.71 Å². The lowest BCUT2D eigenvalue weighted by atomic mass is 10.3. The normalized spacial score (nSPS) is 12.0. The molecule has 0 heterocycles. The minimum atomic E-state index is 0.840. The Morgan fingerprint density at radius 2 is 2.38 bits per heavy atom. The molecule has 0 atom stereocenters. The molecule has 0 fully saturated rings. The molecule has 0 aromatic carbocycles. The van der Waals surface area contributed by atoms with Crippen molar-refractivity contribution in [3.63, 3.8) is 0 Å². The van der Waals surface area contributed by atoms with Crippen LogP contribution >= 0.6 is 11.8 Å². The zero-order chi connectivity index (χ0) is 6.41. The molecule has 0 saturated carbocycles. The van der Waals surface area contributed by atoms with Crippen molar-refractivity contribution >= 4 is 17.5 Å². The van der Waals surface area contributed by atoms with Gasteiger partial charge in [0.1, 0.15) is 0 Å². The van der Waals surface area contributed by atoms with Gasteiger partial charge in [-0.1, -0.05) is 12.1 Å². The van der Waals surface area contributed by atoms with Gasteiger partial charge in [-0.25, -0.2) is 0 Å². The Hall–Kier alpha value is -0.180. The zero-order valence-corrected chi connectivity index (χ0v) is 6.03. The average Bonchev–Trinajstić information content (AvgIpc) is 1.83. The van der Waals surface area contributed by atoms with Crippen molar-refractivity contribution < 1.29 is 5.21 Å². The van der Waals surface area contributed by atoms with Crippen LogP contribution in [-0.4, -0.2) is 22.9 Å². The highest BCUT2D eigenvalue weighted by Gasteiger charge is 1.91. The Kier molecular flexibility index (Phi) is 4.85. The number of thioether (sulfide) groups is 1. The summed E-state index contributed by atoms with van der Waals surface area (Å²) in [5, 5.41) is 11.3. The average molecular weight is 133 g/mol. The van der Waals surface area contributed by atoms with E-state index in [9.17, 15) is 0 Å². The third-order valence-electron chi connectivity index (χ3n) is 0.860. The Balaban J connectivity index is 3.38. The molecule has 8 heavy (non-hydrogen) atoms. The summed E-state index contributed by atoms with van der Waals surface area (Å²) >= 11 is 1.67. The second-order valence-corrected chi connectivity index (χ2v) is 2.32. The maximum absolute atomic E-state index is 8.23. The van der Waals surface area contributed by atoms with Gasteiger partial charge in [-0.3, -0.25) is 0 Å². The van der Waals surface area contributed by atoms with E-state index < -0.39 is 0 Å². The minimum absolute atomic E-state index is 0.840. The topological polar surface area (TPSA) is 32.6 Å². The monoisotopic (exact) mass is 133 g/mol. The van der Waals surface area contributed by atoms with Crippen LogP contribution in [0.25, 0.3) is 0 Å². The summed E-state index contributed by atoms with van der Waals surface area (Å²) in [4.78, 5) is 0. The number of rotatable bonds is 3. The van der Waals surface area contributed by atoms with Crippen molar-refractivity contribution in [2.24, 2.45) is 5.16 Å². The van der Waals surface area contributed by atoms with Crippen LogP contribution in [-0.2, 0) is 0 Å². The molecule has 0 aromatic rings. The lowest BCUT2D eigenvalue weighted by Crippen LogP contribution is -1.98. The van der Waals surface area contributed by atoms with Crippen molar-refractivity contribution in [1.82, 2.24) is 0 Å². The zero-order valence-electron chi connectivity index (χ0n) is 5.22. The van der Waals surface area contributed by atoms with Crippen molar-refractivity contribution in [2.45, 2.75) is 13.3 Å². The molecule has 0 aromatic heterocycles. The molecule has 0 rings (SSSR count). The van der Waals surface area contributed by atoms with Gasteiger partial charge in [0, 0.05) is 5.75 Å². The second kappa shape index (κ2) is 4.97. The first kappa shape index (κ1) is 7.82. The van der Waals surface area contributed by atoms with E-state index in [2.05, 4.69) is 5.16 Å². The van der Waals surface area contributed by atoms with Gasteiger partial charge in [0.2, 0.25) is 0 Å². The Labute approximate surface area is 54.0 Å². The van der Waals surface area contributed by atoms with E-state index in [-0.39, 0.29) is 0 Å². The summed E-state index contributed by atoms with van der Waals surface area (Å²) in [5.74, 6) is 0.840. The second-order valence-electron chi connectivity index (χ2n) is 1.45. The highest BCUT2D eigenvalue weighted by Crippen LogP contribution is 1.95. The van der Waals surface area contributed by atoms with Gasteiger partial charge in [0.25, 0.3) is 0 Å². The minimum Gasteiger partial charge on any atom is -0.411 e. The predicted octanol–water partition coefficient (Wildman–Crippen LogP) is 1.59. The lowest BCUT2D eigenvalue weighted by molar-refractivity contribution is 0.317. The van der Waals surface area contributed by atoms with Gasteiger partial charge >= 0.3 is 0 Å². The van der Waals surface area contributed by atoms with E-state index in [1.807, 2.05) is 13.2 Å². The molecule has 0 bridgehead atoms. The lowest BCUT2D eigenvalue weighted by Gasteiger charge is -1.93. The summed E-state index contributed by atoms with van der Waals surface area (Å²) in [6.45, 7) is 1.98. The van der Waals surface area contributed by atoms with Crippen molar-refractivity contribution in [1.29, 1.82) is 0 Å². The van der Waals surface area contributed by atoms with E-state index in [0.29, 0.717) is 0 Å². The first-order valence-electron chi connectivity index (χ1n) is 2.53. The largest absolute Gasteiger partial charge is 0.411 e. The number of hydrogen-bond donors (Lipinski definition) is 1. The van der Waals surface area contributed by atoms with Crippen LogP contribution in [0.4, 0.5) is 0 Å². The summed E-state index contributed by atoms with van der Waals surface area (Å²) in [6.07, 6.45) is 2.83. The number of nitrogens with zero attached hydrogens (tertiary/aromatic N) is 1. The fraction of sp³-hybridized carbons (Fsp3) is 0.800. The molecule has 0 aliphatic carbocycles. The van der Waals surface area contributed by atoms with Gasteiger partial charge in [-0.15, -0.1) is 0 Å². The summed E-state index contributed by atoms with van der Waals surface area (Å²) in [7, 11) is 0. The third-order valence-corrected chi connectivity index (χ3v) is 1.48. The van der Waals surface area contributed by atoms with Crippen molar-refractivity contribution in [2.75, 3.05) is 12.0 Å². The van der Waals surface area contributed by atoms with Crippen LogP contribution in [0.3, 0.4) is 0 Å². The Morgan fingerprint density at radius 3 is 2.50 bits per heavy atom. The molecule has 0 saturated heterocycles. The molecule has 0 spiro atoms. The Morgan fingerprint density at radius 1 is 1.75 bits per heavy atom. The van der Waals surface area contributed by atoms with E-state index in [0.717, 1.165) is 17.9 Å². The fourth-order valence-corrected chi connectivity index (χ4v) is 0.963. The summed E-state index contributed by atoms with van der Waals surface area (Å²) < 4.78 is 0. The van der Waals surface area contributed by atoms with Crippen molar-refractivity contribution in [3.05, 3.63) is 0 Å². The molecule has 0 radical (unpaired) electrons. The molecule has 0 aliphatic heterocycles. The van der Waals surface area contributed by atoms with Crippen LogP contribution in [0, 0.1) is 0 Å². The van der Waals surface area contributed by atoms with Crippen LogP contribution < -0.4 is 0 Å². The standard InChI is InChI=1S/C5H11NOS/c1-3-5(6-7)4-8-2/h7H,3-4H2,1-2H3/b6-5+. The van der Waals surface area contributed by atoms with E-state index in [1.54, 1.807) is 11.8 Å². The maximum atomic E-state index is 8.23. The van der Waals surface area contributed by atoms with E-state index in [1.165, 1.54) is 0 Å². The molecular weight excluding hydrogens is 122 g/mol. The predicted molar refractivity (Wildman–Crippen MR) is 37.9 cm³/mol. The molecule has 0 amide bonds. The highest BCUT2D eigenvalue weighted by molar-refractivity contribution is 7.99. The van der Waals surface area contributed by atoms with Crippen LogP contribution in [0.15, 0.2) is 5.16 Å². The van der Waals surface area contributed by atoms with E-state index in [4.69, 9.17) is 5.21 Å². The summed E-state index contributed by atoms with van der Waals surface area (Å²) in [6, 6.07) is 0. The highest BCUT2D eigenvalue weighted by atomic mass is 32.2. The first-order valence-corrected chi connectivity index (χ1v) is 3.93. The molecular formula is C5H11NOS. The van der Waals surface area contributed by atoms with Crippen LogP contribution in [0.2, 0.25) is 0 Å². The van der Waals surface area contributed by atoms with Crippen molar-refractivity contribution in [3.8, 4) is 0 Å². The SMILES string of the molecule is CC/C(CSC)=N\O. The molecule has 3 heteroatoms. The Bertz CT molecular complexity index is 82.5. The van der Waals surface area contributed by atoms with Gasteiger partial charge in [0.15, 0.2) is 0 Å². The van der Waals surface area contributed by atoms with Gasteiger partial charge in [-0.2, -0.15) is 11.8 Å². The fourth-order valence-electron chi connectivity index (χ4n) is 0.368. The molecule has 48 valence electrons. The van der Waals surface area contributed by atoms with Crippen LogP contribution in [0.1, 0.15) is 13.3 Å². The number of hydrogen-bond acceptors (Lipinski definition) is 3. The molecule has 0 aliphatic rings. The quantitative estimate of drug-likeness (QED) is 0.360. The smallest absolute Gasteiger partial charge is 0.0666 e. The number of oxime groups is 1.